The van der Waals surface area contributed by atoms with Gasteiger partial charge in [0.25, 0.3) is 0 Å². The van der Waals surface area contributed by atoms with Crippen LogP contribution in [0.3, 0.4) is 0 Å². The molecule has 5 heteroatoms. The van der Waals surface area contributed by atoms with Crippen molar-refractivity contribution in [1.82, 2.24) is 9.78 Å². The fraction of sp³-hybridized carbons (Fsp3) is 0.231. The van der Waals surface area contributed by atoms with Gasteiger partial charge in [0.05, 0.1) is 5.69 Å². The molecular weight excluding hydrogens is 255 g/mol. The third kappa shape index (κ3) is 2.59. The van der Waals surface area contributed by atoms with E-state index in [-0.39, 0.29) is 12.2 Å². The number of carbonyl (C=O) groups excluding carboxylic acids is 1. The minimum absolute atomic E-state index is 0.00196. The summed E-state index contributed by atoms with van der Waals surface area (Å²) in [6, 6.07) is 6.00. The van der Waals surface area contributed by atoms with Crippen molar-refractivity contribution in [1.29, 1.82) is 0 Å². The van der Waals surface area contributed by atoms with E-state index in [4.69, 9.17) is 11.6 Å². The molecule has 0 aliphatic heterocycles. The molecule has 0 fully saturated rings. The second kappa shape index (κ2) is 4.90. The van der Waals surface area contributed by atoms with Gasteiger partial charge in [-0.2, -0.15) is 5.10 Å². The molecule has 0 N–H and O–H groups in total. The third-order valence-corrected chi connectivity index (χ3v) is 2.89. The smallest absolute Gasteiger partial charge is 0.185 e. The molecule has 0 saturated carbocycles. The predicted octanol–water partition coefficient (Wildman–Crippen LogP) is 2.95. The zero-order valence-electron chi connectivity index (χ0n) is 10.1. The van der Waals surface area contributed by atoms with Gasteiger partial charge in [0.2, 0.25) is 0 Å². The van der Waals surface area contributed by atoms with Crippen molar-refractivity contribution < 1.29 is 9.18 Å². The molecule has 3 nitrogen and oxygen atoms in total. The number of aryl methyl sites for hydroxylation is 2. The van der Waals surface area contributed by atoms with E-state index >= 15 is 0 Å². The zero-order chi connectivity index (χ0) is 13.3. The van der Waals surface area contributed by atoms with E-state index in [0.29, 0.717) is 16.3 Å². The second-order valence-electron chi connectivity index (χ2n) is 4.13. The number of aromatic nitrogens is 2. The predicted molar refractivity (Wildman–Crippen MR) is 67.4 cm³/mol. The standard InChI is InChI=1S/C13H12ClFN2O/c1-8-5-12(17(2)16-8)13(18)6-9-3-4-10(14)7-11(9)15/h3-5,7H,6H2,1-2H3. The zero-order valence-corrected chi connectivity index (χ0v) is 10.8. The van der Waals surface area contributed by atoms with Crippen LogP contribution in [0.2, 0.25) is 5.02 Å². The van der Waals surface area contributed by atoms with Crippen LogP contribution in [-0.4, -0.2) is 15.6 Å². The summed E-state index contributed by atoms with van der Waals surface area (Å²) >= 11 is 5.66. The van der Waals surface area contributed by atoms with E-state index in [1.165, 1.54) is 16.8 Å². The molecule has 0 bridgehead atoms. The molecular formula is C13H12ClFN2O. The molecule has 0 amide bonds. The Labute approximate surface area is 109 Å². The van der Waals surface area contributed by atoms with E-state index in [9.17, 15) is 9.18 Å². The number of hydrogen-bond donors (Lipinski definition) is 0. The maximum atomic E-state index is 13.6. The number of hydrogen-bond acceptors (Lipinski definition) is 2. The van der Waals surface area contributed by atoms with Crippen LogP contribution in [0.4, 0.5) is 4.39 Å². The molecule has 0 radical (unpaired) electrons. The first-order valence-corrected chi connectivity index (χ1v) is 5.83. The Hall–Kier alpha value is -1.68. The normalized spacial score (nSPS) is 10.7. The average Bonchev–Trinajstić information content (AvgIpc) is 2.62. The maximum Gasteiger partial charge on any atom is 0.185 e. The van der Waals surface area contributed by atoms with Gasteiger partial charge in [-0.1, -0.05) is 17.7 Å². The molecule has 0 unspecified atom stereocenters. The van der Waals surface area contributed by atoms with Crippen LogP contribution >= 0.6 is 11.6 Å². The van der Waals surface area contributed by atoms with Crippen LogP contribution in [0.5, 0.6) is 0 Å². The number of benzene rings is 1. The van der Waals surface area contributed by atoms with Crippen molar-refractivity contribution in [2.75, 3.05) is 0 Å². The SMILES string of the molecule is Cc1cc(C(=O)Cc2ccc(Cl)cc2F)n(C)n1. The van der Waals surface area contributed by atoms with Crippen molar-refractivity contribution in [2.45, 2.75) is 13.3 Å². The summed E-state index contributed by atoms with van der Waals surface area (Å²) in [6.45, 7) is 1.81. The lowest BCUT2D eigenvalue weighted by Crippen LogP contribution is -2.10. The summed E-state index contributed by atoms with van der Waals surface area (Å²) in [6.07, 6.45) is 0.00196. The summed E-state index contributed by atoms with van der Waals surface area (Å²) < 4.78 is 15.1. The van der Waals surface area contributed by atoms with E-state index in [0.717, 1.165) is 5.69 Å². The fourth-order valence-corrected chi connectivity index (χ4v) is 1.96. The van der Waals surface area contributed by atoms with Gasteiger partial charge in [-0.15, -0.1) is 0 Å². The molecule has 2 rings (SSSR count). The molecule has 0 atom stereocenters. The Morgan fingerprint density at radius 1 is 1.44 bits per heavy atom. The first-order chi connectivity index (χ1) is 8.47. The molecule has 18 heavy (non-hydrogen) atoms. The van der Waals surface area contributed by atoms with Crippen molar-refractivity contribution in [3.63, 3.8) is 0 Å². The highest BCUT2D eigenvalue weighted by molar-refractivity contribution is 6.30. The van der Waals surface area contributed by atoms with Gasteiger partial charge in [0.15, 0.2) is 5.78 Å². The quantitative estimate of drug-likeness (QED) is 0.801. The first kappa shape index (κ1) is 12.8. The maximum absolute atomic E-state index is 13.6. The van der Waals surface area contributed by atoms with Crippen LogP contribution < -0.4 is 0 Å². The molecule has 1 aromatic carbocycles. The van der Waals surface area contributed by atoms with E-state index < -0.39 is 5.82 Å². The summed E-state index contributed by atoms with van der Waals surface area (Å²) in [5.74, 6) is -0.630. The van der Waals surface area contributed by atoms with Gasteiger partial charge in [-0.25, -0.2) is 4.39 Å². The second-order valence-corrected chi connectivity index (χ2v) is 4.57. The van der Waals surface area contributed by atoms with Gasteiger partial charge >= 0.3 is 0 Å². The number of nitrogens with zero attached hydrogens (tertiary/aromatic N) is 2. The van der Waals surface area contributed by atoms with Crippen molar-refractivity contribution in [3.8, 4) is 0 Å². The van der Waals surface area contributed by atoms with E-state index in [1.807, 2.05) is 0 Å². The highest BCUT2D eigenvalue weighted by atomic mass is 35.5. The summed E-state index contributed by atoms with van der Waals surface area (Å²) in [5, 5.41) is 4.41. The van der Waals surface area contributed by atoms with Gasteiger partial charge < -0.3 is 0 Å². The highest BCUT2D eigenvalue weighted by Crippen LogP contribution is 2.16. The van der Waals surface area contributed by atoms with Crippen molar-refractivity contribution >= 4 is 17.4 Å². The summed E-state index contributed by atoms with van der Waals surface area (Å²) in [5.41, 5.74) is 1.57. The van der Waals surface area contributed by atoms with Crippen molar-refractivity contribution in [2.24, 2.45) is 7.05 Å². The Balaban J connectivity index is 2.24. The van der Waals surface area contributed by atoms with E-state index in [1.54, 1.807) is 26.1 Å². The Morgan fingerprint density at radius 3 is 2.72 bits per heavy atom. The molecule has 1 aromatic heterocycles. The number of carbonyl (C=O) groups is 1. The topological polar surface area (TPSA) is 34.9 Å². The minimum atomic E-state index is -0.463. The number of halogens is 2. The molecule has 0 aliphatic rings. The van der Waals surface area contributed by atoms with Crippen LogP contribution in [0.25, 0.3) is 0 Å². The lowest BCUT2D eigenvalue weighted by atomic mass is 10.1. The summed E-state index contributed by atoms with van der Waals surface area (Å²) in [4.78, 5) is 12.0. The first-order valence-electron chi connectivity index (χ1n) is 5.45. The molecule has 0 saturated heterocycles. The van der Waals surface area contributed by atoms with Gasteiger partial charge in [0, 0.05) is 18.5 Å². The minimum Gasteiger partial charge on any atom is -0.292 e. The van der Waals surface area contributed by atoms with Gasteiger partial charge in [-0.3, -0.25) is 9.48 Å². The highest BCUT2D eigenvalue weighted by Gasteiger charge is 2.14. The molecule has 0 aliphatic carbocycles. The van der Waals surface area contributed by atoms with Gasteiger partial charge in [0.1, 0.15) is 11.5 Å². The number of ketones is 1. The Morgan fingerprint density at radius 2 is 2.17 bits per heavy atom. The Kier molecular flexibility index (Phi) is 3.48. The molecule has 2 aromatic rings. The van der Waals surface area contributed by atoms with Crippen LogP contribution in [0.15, 0.2) is 24.3 Å². The fourth-order valence-electron chi connectivity index (χ4n) is 1.80. The van der Waals surface area contributed by atoms with E-state index in [2.05, 4.69) is 5.10 Å². The number of rotatable bonds is 3. The van der Waals surface area contributed by atoms with Crippen LogP contribution in [0, 0.1) is 12.7 Å². The monoisotopic (exact) mass is 266 g/mol. The van der Waals surface area contributed by atoms with Gasteiger partial charge in [-0.05, 0) is 30.7 Å². The third-order valence-electron chi connectivity index (χ3n) is 2.65. The van der Waals surface area contributed by atoms with Crippen LogP contribution in [-0.2, 0) is 13.5 Å². The lowest BCUT2D eigenvalue weighted by molar-refractivity contribution is 0.0983. The molecule has 94 valence electrons. The molecule has 1 heterocycles. The Bertz CT molecular complexity index is 607. The summed E-state index contributed by atoms with van der Waals surface area (Å²) in [7, 11) is 1.69. The lowest BCUT2D eigenvalue weighted by Gasteiger charge is -2.03. The van der Waals surface area contributed by atoms with Crippen molar-refractivity contribution in [3.05, 3.63) is 52.1 Å². The number of Topliss-reactive ketones (excluding diaryl/α,β-unsaturated/α-hetero) is 1. The average molecular weight is 267 g/mol. The van der Waals surface area contributed by atoms with Crippen LogP contribution in [0.1, 0.15) is 21.7 Å². The molecule has 0 spiro atoms. The largest absolute Gasteiger partial charge is 0.292 e.